The van der Waals surface area contributed by atoms with Crippen molar-refractivity contribution in [2.45, 2.75) is 45.1 Å². The Morgan fingerprint density at radius 2 is 2.00 bits per heavy atom. The molecule has 0 fully saturated rings. The van der Waals surface area contributed by atoms with Gasteiger partial charge in [0.05, 0.1) is 10.9 Å². The molecule has 8 heteroatoms. The first kappa shape index (κ1) is 19.1. The van der Waals surface area contributed by atoms with E-state index in [9.17, 15) is 13.2 Å². The van der Waals surface area contributed by atoms with E-state index in [-0.39, 0.29) is 24.9 Å². The maximum Gasteiger partial charge on any atom is 0.241 e. The summed E-state index contributed by atoms with van der Waals surface area (Å²) in [7, 11) is -3.53. The van der Waals surface area contributed by atoms with Crippen molar-refractivity contribution in [3.8, 4) is 0 Å². The summed E-state index contributed by atoms with van der Waals surface area (Å²) >= 11 is 1.44. The van der Waals surface area contributed by atoms with Gasteiger partial charge in [0.15, 0.2) is 0 Å². The van der Waals surface area contributed by atoms with Crippen LogP contribution in [0.1, 0.15) is 30.0 Å². The van der Waals surface area contributed by atoms with Crippen molar-refractivity contribution < 1.29 is 13.2 Å². The predicted octanol–water partition coefficient (Wildman–Crippen LogP) is 1.13. The Morgan fingerprint density at radius 1 is 1.36 bits per heavy atom. The Balaban J connectivity index is 2.47. The summed E-state index contributed by atoms with van der Waals surface area (Å²) in [5.41, 5.74) is 5.80. The zero-order valence-corrected chi connectivity index (χ0v) is 15.1. The van der Waals surface area contributed by atoms with Crippen molar-refractivity contribution in [1.29, 1.82) is 0 Å². The molecule has 0 spiro atoms. The van der Waals surface area contributed by atoms with Crippen LogP contribution in [-0.4, -0.2) is 33.5 Å². The molecular formula is C14H25N3O3S2. The number of rotatable bonds is 8. The number of thiophene rings is 1. The summed E-state index contributed by atoms with van der Waals surface area (Å²) < 4.78 is 26.8. The summed E-state index contributed by atoms with van der Waals surface area (Å²) in [4.78, 5) is 13.8. The average molecular weight is 348 g/mol. The minimum Gasteiger partial charge on any atom is -0.353 e. The molecule has 126 valence electrons. The minimum absolute atomic E-state index is 0.0909. The van der Waals surface area contributed by atoms with E-state index in [1.165, 1.54) is 11.3 Å². The third-order valence-corrected chi connectivity index (χ3v) is 6.24. The van der Waals surface area contributed by atoms with Crippen LogP contribution in [0.25, 0.3) is 0 Å². The van der Waals surface area contributed by atoms with Crippen molar-refractivity contribution >= 4 is 27.3 Å². The molecule has 0 saturated heterocycles. The number of carbonyl (C=O) groups is 1. The fourth-order valence-corrected chi connectivity index (χ4v) is 4.54. The van der Waals surface area contributed by atoms with Gasteiger partial charge in [-0.2, -0.15) is 0 Å². The quantitative estimate of drug-likeness (QED) is 0.614. The molecule has 1 amide bonds. The van der Waals surface area contributed by atoms with Crippen molar-refractivity contribution in [3.63, 3.8) is 0 Å². The van der Waals surface area contributed by atoms with Gasteiger partial charge in [0.1, 0.15) is 0 Å². The molecular weight excluding hydrogens is 322 g/mol. The molecule has 1 aromatic heterocycles. The molecule has 22 heavy (non-hydrogen) atoms. The lowest BCUT2D eigenvalue weighted by Gasteiger charge is -2.17. The highest BCUT2D eigenvalue weighted by molar-refractivity contribution is 7.89. The normalized spacial score (nSPS) is 14.6. The Hall–Kier alpha value is -0.960. The van der Waals surface area contributed by atoms with E-state index in [0.717, 1.165) is 16.2 Å². The molecule has 0 bridgehead atoms. The molecule has 6 nitrogen and oxygen atoms in total. The molecule has 0 aliphatic heterocycles. The van der Waals surface area contributed by atoms with Crippen LogP contribution in [0.2, 0.25) is 0 Å². The average Bonchev–Trinajstić information content (AvgIpc) is 2.81. The summed E-state index contributed by atoms with van der Waals surface area (Å²) in [5, 5.41) is 2.65. The number of aryl methyl sites for hydroxylation is 2. The number of nitrogens with one attached hydrogen (secondary N) is 2. The fraction of sp³-hybridized carbons (Fsp3) is 0.643. The van der Waals surface area contributed by atoms with Crippen LogP contribution in [0.3, 0.4) is 0 Å². The first-order chi connectivity index (χ1) is 10.2. The van der Waals surface area contributed by atoms with Crippen molar-refractivity contribution in [2.24, 2.45) is 11.7 Å². The third kappa shape index (κ3) is 5.05. The van der Waals surface area contributed by atoms with E-state index in [1.807, 2.05) is 20.8 Å². The lowest BCUT2D eigenvalue weighted by molar-refractivity contribution is -0.123. The lowest BCUT2D eigenvalue weighted by atomic mass is 9.99. The monoisotopic (exact) mass is 347 g/mol. The van der Waals surface area contributed by atoms with Gasteiger partial charge in [-0.3, -0.25) is 4.79 Å². The molecule has 0 radical (unpaired) electrons. The minimum atomic E-state index is -3.53. The summed E-state index contributed by atoms with van der Waals surface area (Å²) in [6.45, 7) is 7.87. The van der Waals surface area contributed by atoms with Gasteiger partial charge in [0.25, 0.3) is 0 Å². The Kier molecular flexibility index (Phi) is 6.98. The molecule has 1 aromatic rings. The maximum atomic E-state index is 12.2. The van der Waals surface area contributed by atoms with E-state index in [1.54, 1.807) is 13.0 Å². The second-order valence-electron chi connectivity index (χ2n) is 5.38. The van der Waals surface area contributed by atoms with Crippen LogP contribution in [0, 0.1) is 19.8 Å². The third-order valence-electron chi connectivity index (χ3n) is 3.56. The number of carbonyl (C=O) groups excluding carboxylic acids is 1. The topological polar surface area (TPSA) is 101 Å². The van der Waals surface area contributed by atoms with Crippen LogP contribution in [0.5, 0.6) is 0 Å². The van der Waals surface area contributed by atoms with Gasteiger partial charge < -0.3 is 11.1 Å². The van der Waals surface area contributed by atoms with E-state index in [4.69, 9.17) is 5.73 Å². The molecule has 2 atom stereocenters. The number of hydrogen-bond acceptors (Lipinski definition) is 5. The molecule has 0 aromatic carbocycles. The number of nitrogens with two attached hydrogens (primary N) is 1. The Morgan fingerprint density at radius 3 is 2.50 bits per heavy atom. The first-order valence-electron chi connectivity index (χ1n) is 7.29. The zero-order valence-electron chi connectivity index (χ0n) is 13.5. The molecule has 0 saturated carbocycles. The van der Waals surface area contributed by atoms with Crippen LogP contribution < -0.4 is 15.8 Å². The molecule has 1 rings (SSSR count). The predicted molar refractivity (Wildman–Crippen MR) is 89.4 cm³/mol. The van der Waals surface area contributed by atoms with Gasteiger partial charge >= 0.3 is 0 Å². The van der Waals surface area contributed by atoms with E-state index in [2.05, 4.69) is 10.0 Å². The highest BCUT2D eigenvalue weighted by Gasteiger charge is 2.20. The lowest BCUT2D eigenvalue weighted by Crippen LogP contribution is -2.46. The van der Waals surface area contributed by atoms with Crippen molar-refractivity contribution in [3.05, 3.63) is 15.8 Å². The maximum absolute atomic E-state index is 12.2. The van der Waals surface area contributed by atoms with Crippen LogP contribution in [-0.2, 0) is 14.8 Å². The number of hydrogen-bond donors (Lipinski definition) is 3. The fourth-order valence-electron chi connectivity index (χ4n) is 1.95. The second-order valence-corrected chi connectivity index (χ2v) is 8.57. The molecule has 0 aliphatic carbocycles. The Bertz CT molecular complexity index is 611. The van der Waals surface area contributed by atoms with Crippen molar-refractivity contribution in [1.82, 2.24) is 10.0 Å². The van der Waals surface area contributed by atoms with E-state index < -0.39 is 16.1 Å². The van der Waals surface area contributed by atoms with Gasteiger partial charge in [0, 0.05) is 22.8 Å². The van der Waals surface area contributed by atoms with Gasteiger partial charge in [-0.05, 0) is 25.8 Å². The van der Waals surface area contributed by atoms with E-state index >= 15 is 0 Å². The van der Waals surface area contributed by atoms with Gasteiger partial charge in [-0.25, -0.2) is 13.1 Å². The first-order valence-corrected chi connectivity index (χ1v) is 9.59. The van der Waals surface area contributed by atoms with Crippen molar-refractivity contribution in [2.75, 3.05) is 13.1 Å². The molecule has 4 N–H and O–H groups in total. The van der Waals surface area contributed by atoms with E-state index in [0.29, 0.717) is 4.90 Å². The summed E-state index contributed by atoms with van der Waals surface area (Å²) in [6.07, 6.45) is 0.817. The van der Waals surface area contributed by atoms with Crippen LogP contribution in [0.4, 0.5) is 0 Å². The summed E-state index contributed by atoms with van der Waals surface area (Å²) in [6, 6.07) is 1.09. The standard InChI is InChI=1S/C14H25N3O3S2/c1-5-9(2)13(15)14(18)16-6-7-17-22(19,20)12-8-10(3)21-11(12)4/h8-9,13,17H,5-7,15H2,1-4H3,(H,16,18). The Labute approximate surface area is 136 Å². The summed E-state index contributed by atoms with van der Waals surface area (Å²) in [5.74, 6) is -0.163. The van der Waals surface area contributed by atoms with Gasteiger partial charge in [-0.15, -0.1) is 11.3 Å². The molecule has 0 aliphatic rings. The number of amides is 1. The SMILES string of the molecule is CCC(C)C(N)C(=O)NCCNS(=O)(=O)c1cc(C)sc1C. The molecule has 2 unspecified atom stereocenters. The smallest absolute Gasteiger partial charge is 0.241 e. The number of sulfonamides is 1. The van der Waals surface area contributed by atoms with Gasteiger partial charge in [-0.1, -0.05) is 20.3 Å². The highest BCUT2D eigenvalue weighted by atomic mass is 32.2. The second kappa shape index (κ2) is 8.05. The van der Waals surface area contributed by atoms with Crippen LogP contribution in [0.15, 0.2) is 11.0 Å². The van der Waals surface area contributed by atoms with Gasteiger partial charge in [0.2, 0.25) is 15.9 Å². The largest absolute Gasteiger partial charge is 0.353 e. The highest BCUT2D eigenvalue weighted by Crippen LogP contribution is 2.24. The zero-order chi connectivity index (χ0) is 16.9. The van der Waals surface area contributed by atoms with Crippen LogP contribution >= 0.6 is 11.3 Å². The molecule has 1 heterocycles.